The summed E-state index contributed by atoms with van der Waals surface area (Å²) >= 11 is 12.9. The van der Waals surface area contributed by atoms with Crippen molar-refractivity contribution in [3.05, 3.63) is 125 Å². The van der Waals surface area contributed by atoms with Gasteiger partial charge in [0, 0.05) is 30.3 Å². The van der Waals surface area contributed by atoms with Gasteiger partial charge in [-0.05, 0) is 59.9 Å². The topological polar surface area (TPSA) is 114 Å². The number of hydrogen-bond donors (Lipinski definition) is 0. The van der Waals surface area contributed by atoms with Gasteiger partial charge in [-0.2, -0.15) is 4.68 Å². The van der Waals surface area contributed by atoms with Crippen LogP contribution in [0.1, 0.15) is 43.6 Å². The van der Waals surface area contributed by atoms with Gasteiger partial charge in [-0.1, -0.05) is 60.5 Å². The van der Waals surface area contributed by atoms with Gasteiger partial charge in [-0.25, -0.2) is 4.79 Å². The maximum atomic E-state index is 13.8. The Morgan fingerprint density at radius 3 is 2.33 bits per heavy atom. The van der Waals surface area contributed by atoms with E-state index in [1.54, 1.807) is 22.9 Å². The lowest BCUT2D eigenvalue weighted by atomic mass is 9.94. The third-order valence-corrected chi connectivity index (χ3v) is 8.52. The Morgan fingerprint density at radius 2 is 1.70 bits per heavy atom. The summed E-state index contributed by atoms with van der Waals surface area (Å²) < 4.78 is 10.1. The van der Waals surface area contributed by atoms with Gasteiger partial charge < -0.3 is 4.74 Å². The molecule has 6 rings (SSSR count). The largest absolute Gasteiger partial charge is 0.369 e. The molecular formula is C31H27Cl2N5O5. The number of nitro benzene ring substituents is 1. The standard InChI is InChI=1S/C31H27Cl2N5O5/c1-3-35-27(18-43-17-19-7-5-4-6-8-19)34-37(30(35)40)20-9-10-22-23(13-20)24(31(2)11-12-31)16-36(29(22)39)28-25(32)14-21(38(41)42)15-26(28)33/h4-10,13-16H,3,11-12,17-18H2,1-2H3. The molecule has 5 aromatic rings. The van der Waals surface area contributed by atoms with E-state index in [9.17, 15) is 19.7 Å². The van der Waals surface area contributed by atoms with E-state index in [1.807, 2.05) is 43.3 Å². The van der Waals surface area contributed by atoms with Gasteiger partial charge in [0.25, 0.3) is 11.2 Å². The fourth-order valence-corrected chi connectivity index (χ4v) is 5.97. The van der Waals surface area contributed by atoms with Gasteiger partial charge in [0.15, 0.2) is 5.82 Å². The molecule has 0 atom stereocenters. The van der Waals surface area contributed by atoms with Crippen LogP contribution >= 0.6 is 23.2 Å². The minimum Gasteiger partial charge on any atom is -0.369 e. The van der Waals surface area contributed by atoms with Crippen LogP contribution in [0.2, 0.25) is 10.0 Å². The van der Waals surface area contributed by atoms with E-state index in [0.29, 0.717) is 35.4 Å². The first kappa shape index (κ1) is 28.9. The molecule has 1 fully saturated rings. The quantitative estimate of drug-likeness (QED) is 0.140. The first-order chi connectivity index (χ1) is 20.6. The average Bonchev–Trinajstić information content (AvgIpc) is 3.66. The number of nitro groups is 1. The van der Waals surface area contributed by atoms with Crippen LogP contribution in [0.4, 0.5) is 5.69 Å². The summed E-state index contributed by atoms with van der Waals surface area (Å²) in [4.78, 5) is 37.9. The molecule has 0 aliphatic heterocycles. The van der Waals surface area contributed by atoms with E-state index >= 15 is 0 Å². The Hall–Kier alpha value is -4.25. The normalized spacial score (nSPS) is 13.9. The summed E-state index contributed by atoms with van der Waals surface area (Å²) in [5.41, 5.74) is 1.40. The molecule has 2 aromatic heterocycles. The van der Waals surface area contributed by atoms with Crippen molar-refractivity contribution >= 4 is 39.7 Å². The molecule has 0 N–H and O–H groups in total. The molecule has 3 aromatic carbocycles. The van der Waals surface area contributed by atoms with Crippen molar-refractivity contribution in [2.24, 2.45) is 0 Å². The molecule has 0 spiro atoms. The fraction of sp³-hybridized carbons (Fsp3) is 0.258. The lowest BCUT2D eigenvalue weighted by molar-refractivity contribution is -0.384. The zero-order valence-electron chi connectivity index (χ0n) is 23.4. The molecule has 0 unspecified atom stereocenters. The zero-order chi connectivity index (χ0) is 30.5. The molecule has 220 valence electrons. The van der Waals surface area contributed by atoms with E-state index in [0.717, 1.165) is 24.0 Å². The van der Waals surface area contributed by atoms with E-state index < -0.39 is 10.5 Å². The van der Waals surface area contributed by atoms with Crippen molar-refractivity contribution in [2.45, 2.75) is 51.9 Å². The Morgan fingerprint density at radius 1 is 1.00 bits per heavy atom. The second-order valence-electron chi connectivity index (χ2n) is 10.9. The molecule has 2 heterocycles. The number of non-ortho nitro benzene ring substituents is 1. The van der Waals surface area contributed by atoms with E-state index in [4.69, 9.17) is 27.9 Å². The summed E-state index contributed by atoms with van der Waals surface area (Å²) in [5.74, 6) is 0.496. The van der Waals surface area contributed by atoms with Crippen molar-refractivity contribution in [3.63, 3.8) is 0 Å². The summed E-state index contributed by atoms with van der Waals surface area (Å²) in [6, 6.07) is 17.3. The lowest BCUT2D eigenvalue weighted by Crippen LogP contribution is -2.25. The van der Waals surface area contributed by atoms with Gasteiger partial charge >= 0.3 is 5.69 Å². The highest BCUT2D eigenvalue weighted by molar-refractivity contribution is 6.38. The highest BCUT2D eigenvalue weighted by Gasteiger charge is 2.41. The number of benzene rings is 3. The number of halogens is 2. The Labute approximate surface area is 255 Å². The van der Waals surface area contributed by atoms with Gasteiger partial charge in [-0.3, -0.25) is 24.0 Å². The number of ether oxygens (including phenoxy) is 1. The van der Waals surface area contributed by atoms with Crippen LogP contribution in [0, 0.1) is 10.1 Å². The van der Waals surface area contributed by atoms with Crippen molar-refractivity contribution in [3.8, 4) is 11.4 Å². The number of rotatable bonds is 9. The SMILES string of the molecule is CCn1c(COCc2ccccc2)nn(-c2ccc3c(=O)n(-c4c(Cl)cc([N+](=O)[O-])cc4Cl)cc(C4(C)CC4)c3c2)c1=O. The minimum absolute atomic E-state index is 0.0113. The second kappa shape index (κ2) is 11.1. The van der Waals surface area contributed by atoms with Crippen molar-refractivity contribution in [1.82, 2.24) is 18.9 Å². The summed E-state index contributed by atoms with van der Waals surface area (Å²) in [6.07, 6.45) is 3.51. The predicted octanol–water partition coefficient (Wildman–Crippen LogP) is 6.34. The zero-order valence-corrected chi connectivity index (χ0v) is 24.9. The number of aromatic nitrogens is 4. The van der Waals surface area contributed by atoms with Crippen LogP contribution in [0.15, 0.2) is 76.4 Å². The van der Waals surface area contributed by atoms with Gasteiger partial charge in [0.1, 0.15) is 6.61 Å². The number of fused-ring (bicyclic) bond motifs is 1. The second-order valence-corrected chi connectivity index (χ2v) is 11.7. The van der Waals surface area contributed by atoms with Crippen molar-refractivity contribution in [1.29, 1.82) is 0 Å². The van der Waals surface area contributed by atoms with Crippen LogP contribution in [0.25, 0.3) is 22.1 Å². The average molecular weight is 620 g/mol. The summed E-state index contributed by atoms with van der Waals surface area (Å²) in [5, 5.41) is 17.0. The molecule has 43 heavy (non-hydrogen) atoms. The number of pyridine rings is 1. The van der Waals surface area contributed by atoms with Crippen LogP contribution in [-0.4, -0.2) is 23.8 Å². The van der Waals surface area contributed by atoms with E-state index in [-0.39, 0.29) is 39.1 Å². The molecule has 12 heteroatoms. The Bertz CT molecular complexity index is 1990. The monoisotopic (exact) mass is 619 g/mol. The van der Waals surface area contributed by atoms with E-state index in [1.165, 1.54) is 21.4 Å². The van der Waals surface area contributed by atoms with Crippen molar-refractivity contribution < 1.29 is 9.66 Å². The van der Waals surface area contributed by atoms with Gasteiger partial charge in [-0.15, -0.1) is 5.10 Å². The molecular weight excluding hydrogens is 593 g/mol. The van der Waals surface area contributed by atoms with Gasteiger partial charge in [0.2, 0.25) is 0 Å². The van der Waals surface area contributed by atoms with Gasteiger partial charge in [0.05, 0.1) is 33.0 Å². The third-order valence-electron chi connectivity index (χ3n) is 7.95. The molecule has 1 aliphatic rings. The van der Waals surface area contributed by atoms with Crippen LogP contribution in [0.5, 0.6) is 0 Å². The molecule has 0 amide bonds. The first-order valence-corrected chi connectivity index (χ1v) is 14.5. The summed E-state index contributed by atoms with van der Waals surface area (Å²) in [7, 11) is 0. The lowest BCUT2D eigenvalue weighted by Gasteiger charge is -2.18. The summed E-state index contributed by atoms with van der Waals surface area (Å²) in [6.45, 7) is 4.93. The van der Waals surface area contributed by atoms with E-state index in [2.05, 4.69) is 12.0 Å². The Balaban J connectivity index is 1.44. The number of hydrogen-bond acceptors (Lipinski definition) is 6. The maximum Gasteiger partial charge on any atom is 0.350 e. The molecule has 1 saturated carbocycles. The predicted molar refractivity (Wildman–Crippen MR) is 165 cm³/mol. The van der Waals surface area contributed by atoms with Crippen molar-refractivity contribution in [2.75, 3.05) is 0 Å². The highest BCUT2D eigenvalue weighted by Crippen LogP contribution is 2.50. The molecule has 0 bridgehead atoms. The smallest absolute Gasteiger partial charge is 0.350 e. The first-order valence-electron chi connectivity index (χ1n) is 13.8. The highest BCUT2D eigenvalue weighted by atomic mass is 35.5. The molecule has 1 aliphatic carbocycles. The molecule has 10 nitrogen and oxygen atoms in total. The number of nitrogens with zero attached hydrogens (tertiary/aromatic N) is 5. The maximum absolute atomic E-state index is 13.8. The van der Waals surface area contributed by atoms with Crippen LogP contribution in [-0.2, 0) is 29.9 Å². The minimum atomic E-state index is -0.592. The third kappa shape index (κ3) is 5.26. The molecule has 0 radical (unpaired) electrons. The van der Waals surface area contributed by atoms with Crippen LogP contribution in [0.3, 0.4) is 0 Å². The fourth-order valence-electron chi connectivity index (χ4n) is 5.32. The molecule has 0 saturated heterocycles. The Kier molecular flexibility index (Phi) is 7.45. The van der Waals surface area contributed by atoms with Crippen LogP contribution < -0.4 is 11.2 Å².